The fourth-order valence-electron chi connectivity index (χ4n) is 1.68. The van der Waals surface area contributed by atoms with Crippen LogP contribution < -0.4 is 0 Å². The zero-order valence-electron chi connectivity index (χ0n) is 8.91. The van der Waals surface area contributed by atoms with Crippen molar-refractivity contribution in [2.75, 3.05) is 0 Å². The molecule has 6 heteroatoms. The molecular formula is C11H8F3N3. The summed E-state index contributed by atoms with van der Waals surface area (Å²) in [4.78, 5) is 4.02. The van der Waals surface area contributed by atoms with Crippen molar-refractivity contribution in [3.05, 3.63) is 35.3 Å². The number of pyridine rings is 1. The van der Waals surface area contributed by atoms with Gasteiger partial charge in [0, 0.05) is 6.20 Å². The molecule has 0 unspecified atom stereocenters. The summed E-state index contributed by atoms with van der Waals surface area (Å²) in [5.74, 6) is 0. The molecule has 2 aromatic heterocycles. The maximum absolute atomic E-state index is 12.5. The van der Waals surface area contributed by atoms with Crippen molar-refractivity contribution in [2.45, 2.75) is 19.5 Å². The van der Waals surface area contributed by atoms with Gasteiger partial charge in [0.05, 0.1) is 29.4 Å². The number of hydrogen-bond acceptors (Lipinski definition) is 2. The Bertz CT molecular complexity index is 605. The summed E-state index contributed by atoms with van der Waals surface area (Å²) in [5, 5.41) is 8.63. The molecule has 0 saturated heterocycles. The fraction of sp³-hybridized carbons (Fsp3) is 0.273. The standard InChI is InChI=1S/C11H8F3N3/c1-7-9(2-4-15)17-5-3-8(11(12,13)14)6-10(17)16-7/h3,5-6H,2H2,1H3. The molecular weight excluding hydrogens is 231 g/mol. The number of imidazole rings is 1. The van der Waals surface area contributed by atoms with Crippen LogP contribution in [0.15, 0.2) is 18.3 Å². The minimum absolute atomic E-state index is 0.123. The normalized spacial score (nSPS) is 11.7. The van der Waals surface area contributed by atoms with Crippen LogP contribution in [0, 0.1) is 18.3 Å². The Kier molecular flexibility index (Phi) is 2.54. The number of aromatic nitrogens is 2. The number of nitrogens with zero attached hydrogens (tertiary/aromatic N) is 3. The van der Waals surface area contributed by atoms with Gasteiger partial charge < -0.3 is 4.40 Å². The van der Waals surface area contributed by atoms with Crippen molar-refractivity contribution in [2.24, 2.45) is 0 Å². The van der Waals surface area contributed by atoms with Crippen molar-refractivity contribution in [3.8, 4) is 6.07 Å². The molecule has 0 aliphatic heterocycles. The minimum atomic E-state index is -4.38. The van der Waals surface area contributed by atoms with E-state index in [0.29, 0.717) is 11.4 Å². The third-order valence-corrected chi connectivity index (χ3v) is 2.50. The first-order chi connectivity index (χ1) is 7.93. The van der Waals surface area contributed by atoms with Crippen LogP contribution in [-0.2, 0) is 12.6 Å². The maximum Gasteiger partial charge on any atom is 0.416 e. The number of nitriles is 1. The van der Waals surface area contributed by atoms with Gasteiger partial charge in [-0.05, 0) is 19.1 Å². The molecule has 3 nitrogen and oxygen atoms in total. The molecule has 2 aromatic rings. The highest BCUT2D eigenvalue weighted by molar-refractivity contribution is 5.46. The summed E-state index contributed by atoms with van der Waals surface area (Å²) in [7, 11) is 0. The summed E-state index contributed by atoms with van der Waals surface area (Å²) in [6.07, 6.45) is -2.96. The minimum Gasteiger partial charge on any atom is -0.303 e. The molecule has 0 atom stereocenters. The van der Waals surface area contributed by atoms with E-state index >= 15 is 0 Å². The van der Waals surface area contributed by atoms with Crippen LogP contribution >= 0.6 is 0 Å². The first-order valence-electron chi connectivity index (χ1n) is 4.85. The lowest BCUT2D eigenvalue weighted by Gasteiger charge is -2.06. The fourth-order valence-corrected chi connectivity index (χ4v) is 1.68. The molecule has 0 bridgehead atoms. The lowest BCUT2D eigenvalue weighted by atomic mass is 10.2. The van der Waals surface area contributed by atoms with Crippen LogP contribution in [0.3, 0.4) is 0 Å². The van der Waals surface area contributed by atoms with E-state index in [2.05, 4.69) is 4.98 Å². The summed E-state index contributed by atoms with van der Waals surface area (Å²) in [5.41, 5.74) is 0.670. The largest absolute Gasteiger partial charge is 0.416 e. The number of fused-ring (bicyclic) bond motifs is 1. The average Bonchev–Trinajstić information content (AvgIpc) is 2.54. The SMILES string of the molecule is Cc1nc2cc(C(F)(F)F)ccn2c1CC#N. The molecule has 0 N–H and O–H groups in total. The Balaban J connectivity index is 2.62. The Morgan fingerprint density at radius 2 is 2.18 bits per heavy atom. The molecule has 88 valence electrons. The number of hydrogen-bond donors (Lipinski definition) is 0. The highest BCUT2D eigenvalue weighted by Crippen LogP contribution is 2.30. The van der Waals surface area contributed by atoms with E-state index in [9.17, 15) is 13.2 Å². The molecule has 0 aliphatic rings. The second-order valence-corrected chi connectivity index (χ2v) is 3.62. The molecule has 2 heterocycles. The van der Waals surface area contributed by atoms with E-state index in [-0.39, 0.29) is 12.1 Å². The Morgan fingerprint density at radius 3 is 2.76 bits per heavy atom. The van der Waals surface area contributed by atoms with E-state index in [1.165, 1.54) is 10.6 Å². The summed E-state index contributed by atoms with van der Waals surface area (Å²) >= 11 is 0. The molecule has 0 fully saturated rings. The molecule has 0 amide bonds. The summed E-state index contributed by atoms with van der Waals surface area (Å²) in [6.45, 7) is 1.67. The van der Waals surface area contributed by atoms with Gasteiger partial charge in [-0.3, -0.25) is 0 Å². The average molecular weight is 239 g/mol. The molecule has 2 rings (SSSR count). The van der Waals surface area contributed by atoms with Crippen LogP contribution in [0.5, 0.6) is 0 Å². The first-order valence-corrected chi connectivity index (χ1v) is 4.85. The predicted molar refractivity (Wildman–Crippen MR) is 54.2 cm³/mol. The zero-order chi connectivity index (χ0) is 12.6. The number of halogens is 3. The van der Waals surface area contributed by atoms with Gasteiger partial charge in [-0.15, -0.1) is 0 Å². The Morgan fingerprint density at radius 1 is 1.47 bits per heavy atom. The molecule has 0 spiro atoms. The van der Waals surface area contributed by atoms with Crippen LogP contribution in [0.25, 0.3) is 5.65 Å². The van der Waals surface area contributed by atoms with E-state index in [0.717, 1.165) is 12.1 Å². The van der Waals surface area contributed by atoms with E-state index in [1.54, 1.807) is 6.92 Å². The van der Waals surface area contributed by atoms with Crippen molar-refractivity contribution < 1.29 is 13.2 Å². The molecule has 0 aliphatic carbocycles. The van der Waals surface area contributed by atoms with Gasteiger partial charge in [0.15, 0.2) is 0 Å². The van der Waals surface area contributed by atoms with Crippen molar-refractivity contribution in [1.29, 1.82) is 5.26 Å². The van der Waals surface area contributed by atoms with Crippen molar-refractivity contribution in [1.82, 2.24) is 9.38 Å². The van der Waals surface area contributed by atoms with Crippen LogP contribution in [-0.4, -0.2) is 9.38 Å². The molecule has 0 radical (unpaired) electrons. The van der Waals surface area contributed by atoms with Crippen molar-refractivity contribution >= 4 is 5.65 Å². The quantitative estimate of drug-likeness (QED) is 0.767. The Labute approximate surface area is 95.1 Å². The van der Waals surface area contributed by atoms with Gasteiger partial charge in [0.25, 0.3) is 0 Å². The van der Waals surface area contributed by atoms with Gasteiger partial charge in [-0.2, -0.15) is 18.4 Å². The van der Waals surface area contributed by atoms with Gasteiger partial charge in [-0.1, -0.05) is 0 Å². The van der Waals surface area contributed by atoms with Crippen LogP contribution in [0.1, 0.15) is 17.0 Å². The number of rotatable bonds is 1. The van der Waals surface area contributed by atoms with Gasteiger partial charge in [0.2, 0.25) is 0 Å². The zero-order valence-corrected chi connectivity index (χ0v) is 8.91. The van der Waals surface area contributed by atoms with E-state index in [1.807, 2.05) is 6.07 Å². The van der Waals surface area contributed by atoms with Crippen LogP contribution in [0.4, 0.5) is 13.2 Å². The Hall–Kier alpha value is -2.03. The highest BCUT2D eigenvalue weighted by atomic mass is 19.4. The molecule has 17 heavy (non-hydrogen) atoms. The smallest absolute Gasteiger partial charge is 0.303 e. The lowest BCUT2D eigenvalue weighted by Crippen LogP contribution is -2.05. The monoisotopic (exact) mass is 239 g/mol. The molecule has 0 aromatic carbocycles. The van der Waals surface area contributed by atoms with Crippen molar-refractivity contribution in [3.63, 3.8) is 0 Å². The topological polar surface area (TPSA) is 41.1 Å². The third kappa shape index (κ3) is 1.96. The highest BCUT2D eigenvalue weighted by Gasteiger charge is 2.31. The summed E-state index contributed by atoms with van der Waals surface area (Å²) < 4.78 is 39.0. The third-order valence-electron chi connectivity index (χ3n) is 2.50. The maximum atomic E-state index is 12.5. The lowest BCUT2D eigenvalue weighted by molar-refractivity contribution is -0.137. The summed E-state index contributed by atoms with van der Waals surface area (Å²) in [6, 6.07) is 3.93. The second-order valence-electron chi connectivity index (χ2n) is 3.62. The van der Waals surface area contributed by atoms with E-state index in [4.69, 9.17) is 5.26 Å². The van der Waals surface area contributed by atoms with Gasteiger partial charge >= 0.3 is 6.18 Å². The predicted octanol–water partition coefficient (Wildman–Crippen LogP) is 2.73. The van der Waals surface area contributed by atoms with Gasteiger partial charge in [-0.25, -0.2) is 4.98 Å². The van der Waals surface area contributed by atoms with E-state index < -0.39 is 11.7 Å². The second kappa shape index (κ2) is 3.77. The van der Waals surface area contributed by atoms with Gasteiger partial charge in [0.1, 0.15) is 5.65 Å². The first kappa shape index (κ1) is 11.5. The van der Waals surface area contributed by atoms with Crippen LogP contribution in [0.2, 0.25) is 0 Å². The number of alkyl halides is 3. The molecule has 0 saturated carbocycles. The number of aryl methyl sites for hydroxylation is 1.